The first kappa shape index (κ1) is 24.9. The molecule has 0 aromatic carbocycles. The van der Waals surface area contributed by atoms with Gasteiger partial charge in [0.2, 0.25) is 11.9 Å². The molecule has 0 saturated carbocycles. The molecule has 6 rings (SSSR count). The highest BCUT2D eigenvalue weighted by Crippen LogP contribution is 2.49. The van der Waals surface area contributed by atoms with Gasteiger partial charge in [0.15, 0.2) is 17.3 Å². The predicted octanol–water partition coefficient (Wildman–Crippen LogP) is 4.54. The van der Waals surface area contributed by atoms with E-state index in [0.717, 1.165) is 24.7 Å². The highest BCUT2D eigenvalue weighted by atomic mass is 35.5. The van der Waals surface area contributed by atoms with E-state index < -0.39 is 35.6 Å². The number of carbonyl (C=O) groups is 1. The molecule has 0 bridgehead atoms. The van der Waals surface area contributed by atoms with E-state index >= 15 is 0 Å². The predicted molar refractivity (Wildman–Crippen MR) is 129 cm³/mol. The van der Waals surface area contributed by atoms with Gasteiger partial charge in [0, 0.05) is 24.0 Å². The number of aromatic nitrogens is 8. The first-order chi connectivity index (χ1) is 18.6. The SMILES string of the molecule is C[C@]1(c2ccn(C(F)F)n2)C[C@H](C(=O)Nc2cnc(-c3ncc(F)cn3)c(Cl)c2)c2cnc3cc(F)nn3c21. The summed E-state index contributed by atoms with van der Waals surface area (Å²) in [5.74, 6) is -2.59. The normalized spacial score (nSPS) is 18.6. The summed E-state index contributed by atoms with van der Waals surface area (Å²) in [6.07, 6.45) is 6.00. The average molecular weight is 558 g/mol. The summed E-state index contributed by atoms with van der Waals surface area (Å²) >= 11 is 6.33. The molecule has 5 aromatic rings. The Morgan fingerprint density at radius 1 is 1.10 bits per heavy atom. The van der Waals surface area contributed by atoms with E-state index in [1.807, 2.05) is 0 Å². The number of hydrogen-bond donors (Lipinski definition) is 1. The van der Waals surface area contributed by atoms with E-state index in [-0.39, 0.29) is 40.0 Å². The molecule has 0 unspecified atom stereocenters. The summed E-state index contributed by atoms with van der Waals surface area (Å²) in [6, 6.07) is 4.01. The summed E-state index contributed by atoms with van der Waals surface area (Å²) in [5, 5.41) is 10.8. The molecule has 1 aliphatic carbocycles. The van der Waals surface area contributed by atoms with Crippen LogP contribution in [0.2, 0.25) is 5.02 Å². The molecule has 10 nitrogen and oxygen atoms in total. The quantitative estimate of drug-likeness (QED) is 0.315. The standard InChI is InChI=1S/C24H16ClF4N9O/c1-24(16-2-3-37(35-16)23(28)29)6-13(14-10-30-18-5-17(27)36-38(18)20(14)24)22(39)34-12-4-15(25)19(31-9-12)21-32-7-11(26)8-33-21/h2-5,7-10,13,23H,6H2,1H3,(H,34,39)/t13-,24+/m0/s1. The van der Waals surface area contributed by atoms with Gasteiger partial charge in [0.25, 0.3) is 0 Å². The Balaban J connectivity index is 1.36. The zero-order valence-corrected chi connectivity index (χ0v) is 20.6. The van der Waals surface area contributed by atoms with Gasteiger partial charge < -0.3 is 5.32 Å². The number of halogens is 5. The van der Waals surface area contributed by atoms with Gasteiger partial charge in [-0.3, -0.25) is 4.79 Å². The number of hydrogen-bond acceptors (Lipinski definition) is 7. The number of pyridine rings is 1. The minimum Gasteiger partial charge on any atom is -0.324 e. The van der Waals surface area contributed by atoms with E-state index in [4.69, 9.17) is 11.6 Å². The molecule has 1 amide bonds. The Hall–Kier alpha value is -4.46. The van der Waals surface area contributed by atoms with E-state index in [9.17, 15) is 22.4 Å². The lowest BCUT2D eigenvalue weighted by Gasteiger charge is -2.23. The Bertz CT molecular complexity index is 1740. The van der Waals surface area contributed by atoms with Crippen molar-refractivity contribution in [2.24, 2.45) is 0 Å². The van der Waals surface area contributed by atoms with Crippen molar-refractivity contribution < 1.29 is 22.4 Å². The zero-order valence-electron chi connectivity index (χ0n) is 19.9. The lowest BCUT2D eigenvalue weighted by atomic mass is 9.82. The van der Waals surface area contributed by atoms with Crippen molar-refractivity contribution in [3.63, 3.8) is 0 Å². The molecular weight excluding hydrogens is 542 g/mol. The third kappa shape index (κ3) is 4.16. The monoisotopic (exact) mass is 557 g/mol. The van der Waals surface area contributed by atoms with Crippen LogP contribution in [0.25, 0.3) is 17.2 Å². The smallest absolute Gasteiger partial charge is 0.324 e. The number of fused-ring (bicyclic) bond motifs is 3. The fourth-order valence-corrected chi connectivity index (χ4v) is 5.13. The van der Waals surface area contributed by atoms with Crippen molar-refractivity contribution in [1.82, 2.24) is 39.3 Å². The Morgan fingerprint density at radius 3 is 2.56 bits per heavy atom. The number of anilines is 1. The summed E-state index contributed by atoms with van der Waals surface area (Å²) < 4.78 is 55.6. The van der Waals surface area contributed by atoms with Gasteiger partial charge in [-0.1, -0.05) is 11.6 Å². The Kier molecular flexibility index (Phi) is 5.79. The zero-order chi connectivity index (χ0) is 27.5. The van der Waals surface area contributed by atoms with Crippen LogP contribution in [0.15, 0.2) is 49.2 Å². The van der Waals surface area contributed by atoms with Crippen LogP contribution < -0.4 is 5.32 Å². The first-order valence-corrected chi connectivity index (χ1v) is 11.8. The van der Waals surface area contributed by atoms with Crippen LogP contribution in [0.4, 0.5) is 23.2 Å². The van der Waals surface area contributed by atoms with Crippen molar-refractivity contribution in [1.29, 1.82) is 0 Å². The number of amides is 1. The lowest BCUT2D eigenvalue weighted by Crippen LogP contribution is -2.26. The van der Waals surface area contributed by atoms with Crippen molar-refractivity contribution >= 4 is 28.8 Å². The molecule has 1 N–H and O–H groups in total. The number of nitrogens with zero attached hydrogens (tertiary/aromatic N) is 8. The van der Waals surface area contributed by atoms with Crippen molar-refractivity contribution in [3.8, 4) is 11.5 Å². The van der Waals surface area contributed by atoms with E-state index in [2.05, 4.69) is 35.5 Å². The maximum atomic E-state index is 14.1. The minimum atomic E-state index is -2.86. The molecule has 0 spiro atoms. The van der Waals surface area contributed by atoms with E-state index in [0.29, 0.717) is 15.9 Å². The van der Waals surface area contributed by atoms with Crippen LogP contribution in [0.1, 0.15) is 42.8 Å². The number of nitrogens with one attached hydrogen (secondary N) is 1. The lowest BCUT2D eigenvalue weighted by molar-refractivity contribution is -0.117. The molecule has 0 aliphatic heterocycles. The van der Waals surface area contributed by atoms with Crippen LogP contribution in [-0.2, 0) is 10.2 Å². The van der Waals surface area contributed by atoms with Crippen LogP contribution in [0.5, 0.6) is 0 Å². The maximum Gasteiger partial charge on any atom is 0.333 e. The summed E-state index contributed by atoms with van der Waals surface area (Å²) in [5.41, 5.74) is 0.667. The van der Waals surface area contributed by atoms with Gasteiger partial charge in [0.1, 0.15) is 5.69 Å². The molecule has 5 heterocycles. The molecular formula is C24H16ClF4N9O. The Labute approximate surface area is 221 Å². The summed E-state index contributed by atoms with van der Waals surface area (Å²) in [4.78, 5) is 29.7. The van der Waals surface area contributed by atoms with Crippen LogP contribution >= 0.6 is 11.6 Å². The third-order valence-corrected chi connectivity index (χ3v) is 6.91. The second kappa shape index (κ2) is 9.08. The highest BCUT2D eigenvalue weighted by molar-refractivity contribution is 6.33. The van der Waals surface area contributed by atoms with Gasteiger partial charge in [-0.25, -0.2) is 33.5 Å². The minimum absolute atomic E-state index is 0.101. The molecule has 198 valence electrons. The Morgan fingerprint density at radius 2 is 1.87 bits per heavy atom. The first-order valence-electron chi connectivity index (χ1n) is 11.5. The second-order valence-corrected chi connectivity index (χ2v) is 9.52. The van der Waals surface area contributed by atoms with Gasteiger partial charge in [0.05, 0.1) is 52.0 Å². The van der Waals surface area contributed by atoms with Gasteiger partial charge in [-0.05, 0) is 25.5 Å². The molecule has 5 aromatic heterocycles. The molecule has 15 heteroatoms. The second-order valence-electron chi connectivity index (χ2n) is 9.12. The molecule has 1 aliphatic rings. The van der Waals surface area contributed by atoms with Crippen LogP contribution in [0.3, 0.4) is 0 Å². The molecule has 0 radical (unpaired) electrons. The summed E-state index contributed by atoms with van der Waals surface area (Å²) in [7, 11) is 0. The fourth-order valence-electron chi connectivity index (χ4n) is 4.88. The van der Waals surface area contributed by atoms with E-state index in [1.165, 1.54) is 29.0 Å². The van der Waals surface area contributed by atoms with E-state index in [1.54, 1.807) is 6.92 Å². The molecule has 0 saturated heterocycles. The summed E-state index contributed by atoms with van der Waals surface area (Å²) in [6.45, 7) is -1.13. The number of carbonyl (C=O) groups excluding carboxylic acids is 1. The third-order valence-electron chi connectivity index (χ3n) is 6.62. The number of alkyl halides is 2. The molecule has 39 heavy (non-hydrogen) atoms. The van der Waals surface area contributed by atoms with Crippen molar-refractivity contribution in [3.05, 3.63) is 82.9 Å². The molecule has 0 fully saturated rings. The largest absolute Gasteiger partial charge is 0.333 e. The maximum absolute atomic E-state index is 14.1. The topological polar surface area (TPSA) is 116 Å². The van der Waals surface area contributed by atoms with Crippen LogP contribution in [0, 0.1) is 11.8 Å². The van der Waals surface area contributed by atoms with Gasteiger partial charge in [-0.2, -0.15) is 18.3 Å². The molecule has 2 atom stereocenters. The van der Waals surface area contributed by atoms with Crippen molar-refractivity contribution in [2.75, 3.05) is 5.32 Å². The van der Waals surface area contributed by atoms with Gasteiger partial charge in [-0.15, -0.1) is 5.10 Å². The average Bonchev–Trinajstić information content (AvgIpc) is 3.61. The fraction of sp³-hybridized carbons (Fsp3) is 0.208. The highest BCUT2D eigenvalue weighted by Gasteiger charge is 2.48. The van der Waals surface area contributed by atoms with Crippen LogP contribution in [-0.4, -0.2) is 45.2 Å². The number of rotatable bonds is 5. The van der Waals surface area contributed by atoms with Gasteiger partial charge >= 0.3 is 6.55 Å². The van der Waals surface area contributed by atoms with Crippen molar-refractivity contribution in [2.45, 2.75) is 31.2 Å².